The van der Waals surface area contributed by atoms with E-state index in [9.17, 15) is 4.79 Å². The van der Waals surface area contributed by atoms with E-state index >= 15 is 0 Å². The largest absolute Gasteiger partial charge is 0.277 e. The molecular weight excluding hydrogens is 142 g/mol. The molecule has 0 bridgehead atoms. The zero-order chi connectivity index (χ0) is 8.27. The molecule has 0 aromatic carbocycles. The smallest absolute Gasteiger partial charge is 0.246 e. The number of hydroxylamine groups is 1. The van der Waals surface area contributed by atoms with Crippen LogP contribution in [0.1, 0.15) is 26.2 Å². The first-order valence-electron chi connectivity index (χ1n) is 4.07. The molecule has 2 unspecified atom stereocenters. The van der Waals surface area contributed by atoms with Gasteiger partial charge in [-0.05, 0) is 25.2 Å². The highest BCUT2D eigenvalue weighted by Gasteiger charge is 2.27. The van der Waals surface area contributed by atoms with Crippen LogP contribution in [0.15, 0.2) is 0 Å². The van der Waals surface area contributed by atoms with Gasteiger partial charge in [0.05, 0.1) is 7.11 Å². The summed E-state index contributed by atoms with van der Waals surface area (Å²) in [7, 11) is 1.47. The van der Waals surface area contributed by atoms with Gasteiger partial charge >= 0.3 is 0 Å². The van der Waals surface area contributed by atoms with Gasteiger partial charge in [-0.2, -0.15) is 0 Å². The van der Waals surface area contributed by atoms with E-state index in [2.05, 4.69) is 17.2 Å². The number of amides is 1. The maximum atomic E-state index is 11.2. The third-order valence-electron chi connectivity index (χ3n) is 2.27. The summed E-state index contributed by atoms with van der Waals surface area (Å²) < 4.78 is 0. The van der Waals surface area contributed by atoms with Gasteiger partial charge in [-0.1, -0.05) is 6.92 Å². The first kappa shape index (κ1) is 8.53. The van der Waals surface area contributed by atoms with Crippen LogP contribution in [0.25, 0.3) is 0 Å². The van der Waals surface area contributed by atoms with E-state index in [-0.39, 0.29) is 11.8 Å². The predicted molar refractivity (Wildman–Crippen MR) is 41.7 cm³/mol. The fraction of sp³-hybridized carbons (Fsp3) is 0.875. The van der Waals surface area contributed by atoms with Crippen molar-refractivity contribution >= 4 is 5.91 Å². The van der Waals surface area contributed by atoms with Crippen LogP contribution in [0.3, 0.4) is 0 Å². The molecule has 64 valence electrons. The van der Waals surface area contributed by atoms with Gasteiger partial charge in [0.25, 0.3) is 0 Å². The van der Waals surface area contributed by atoms with E-state index in [0.717, 1.165) is 12.8 Å². The maximum Gasteiger partial charge on any atom is 0.246 e. The summed E-state index contributed by atoms with van der Waals surface area (Å²) in [6.07, 6.45) is 3.19. The minimum Gasteiger partial charge on any atom is -0.277 e. The van der Waals surface area contributed by atoms with Gasteiger partial charge in [0.2, 0.25) is 5.91 Å². The average molecular weight is 157 g/mol. The van der Waals surface area contributed by atoms with Crippen molar-refractivity contribution in [2.24, 2.45) is 11.8 Å². The SMILES string of the molecule is CONC(=O)C1CCC(C)C1. The van der Waals surface area contributed by atoms with Gasteiger partial charge in [-0.3, -0.25) is 9.63 Å². The second kappa shape index (κ2) is 3.72. The molecule has 1 aliphatic rings. The predicted octanol–water partition coefficient (Wildman–Crippen LogP) is 1.10. The fourth-order valence-corrected chi connectivity index (χ4v) is 1.63. The number of hydrogen-bond donors (Lipinski definition) is 1. The normalized spacial score (nSPS) is 30.4. The van der Waals surface area contributed by atoms with E-state index in [1.807, 2.05) is 0 Å². The third kappa shape index (κ3) is 2.19. The van der Waals surface area contributed by atoms with Crippen molar-refractivity contribution in [2.45, 2.75) is 26.2 Å². The number of hydrogen-bond acceptors (Lipinski definition) is 2. The molecule has 1 fully saturated rings. The Bertz CT molecular complexity index is 147. The molecule has 0 spiro atoms. The summed E-state index contributed by atoms with van der Waals surface area (Å²) >= 11 is 0. The van der Waals surface area contributed by atoms with Gasteiger partial charge < -0.3 is 0 Å². The summed E-state index contributed by atoms with van der Waals surface area (Å²) in [4.78, 5) is 15.7. The van der Waals surface area contributed by atoms with Crippen LogP contribution in [0.2, 0.25) is 0 Å². The van der Waals surface area contributed by atoms with E-state index in [0.29, 0.717) is 5.92 Å². The van der Waals surface area contributed by atoms with E-state index in [1.54, 1.807) is 0 Å². The highest BCUT2D eigenvalue weighted by Crippen LogP contribution is 2.30. The van der Waals surface area contributed by atoms with E-state index < -0.39 is 0 Å². The zero-order valence-corrected chi connectivity index (χ0v) is 7.09. The highest BCUT2D eigenvalue weighted by atomic mass is 16.6. The van der Waals surface area contributed by atoms with Crippen LogP contribution in [-0.2, 0) is 9.63 Å². The molecular formula is C8H15NO2. The molecule has 0 radical (unpaired) electrons. The van der Waals surface area contributed by atoms with Crippen molar-refractivity contribution in [1.82, 2.24) is 5.48 Å². The molecule has 1 rings (SSSR count). The van der Waals surface area contributed by atoms with Crippen molar-refractivity contribution in [3.8, 4) is 0 Å². The lowest BCUT2D eigenvalue weighted by Gasteiger charge is -2.07. The summed E-state index contributed by atoms with van der Waals surface area (Å²) in [6, 6.07) is 0. The summed E-state index contributed by atoms with van der Waals surface area (Å²) in [5.74, 6) is 0.921. The van der Waals surface area contributed by atoms with Gasteiger partial charge in [0, 0.05) is 5.92 Å². The quantitative estimate of drug-likeness (QED) is 0.609. The molecule has 0 saturated heterocycles. The van der Waals surface area contributed by atoms with Gasteiger partial charge in [-0.25, -0.2) is 5.48 Å². The molecule has 1 saturated carbocycles. The summed E-state index contributed by atoms with van der Waals surface area (Å²) in [5.41, 5.74) is 2.37. The molecule has 1 amide bonds. The van der Waals surface area contributed by atoms with Gasteiger partial charge in [0.15, 0.2) is 0 Å². The van der Waals surface area contributed by atoms with Crippen LogP contribution in [0, 0.1) is 11.8 Å². The van der Waals surface area contributed by atoms with Crippen LogP contribution >= 0.6 is 0 Å². The monoisotopic (exact) mass is 157 g/mol. The molecule has 1 aliphatic carbocycles. The van der Waals surface area contributed by atoms with Crippen LogP contribution in [0.4, 0.5) is 0 Å². The average Bonchev–Trinajstić information content (AvgIpc) is 2.36. The lowest BCUT2D eigenvalue weighted by molar-refractivity contribution is -0.135. The Morgan fingerprint density at radius 2 is 2.27 bits per heavy atom. The number of carbonyl (C=O) groups excluding carboxylic acids is 1. The molecule has 0 aromatic heterocycles. The number of carbonyl (C=O) groups is 1. The second-order valence-corrected chi connectivity index (χ2v) is 3.29. The number of rotatable bonds is 2. The van der Waals surface area contributed by atoms with Crippen molar-refractivity contribution in [3.05, 3.63) is 0 Å². The number of nitrogens with one attached hydrogen (secondary N) is 1. The van der Waals surface area contributed by atoms with Crippen molar-refractivity contribution < 1.29 is 9.63 Å². The van der Waals surface area contributed by atoms with Crippen molar-refractivity contribution in [1.29, 1.82) is 0 Å². The Morgan fingerprint density at radius 3 is 2.73 bits per heavy atom. The van der Waals surface area contributed by atoms with Crippen LogP contribution < -0.4 is 5.48 Å². The zero-order valence-electron chi connectivity index (χ0n) is 7.09. The molecule has 0 aromatic rings. The minimum absolute atomic E-state index is 0.0388. The minimum atomic E-state index is 0.0388. The molecule has 0 heterocycles. The maximum absolute atomic E-state index is 11.2. The molecule has 0 aliphatic heterocycles. The van der Waals surface area contributed by atoms with Crippen molar-refractivity contribution in [3.63, 3.8) is 0 Å². The van der Waals surface area contributed by atoms with Gasteiger partial charge in [0.1, 0.15) is 0 Å². The van der Waals surface area contributed by atoms with Crippen molar-refractivity contribution in [2.75, 3.05) is 7.11 Å². The second-order valence-electron chi connectivity index (χ2n) is 3.29. The summed E-state index contributed by atoms with van der Waals surface area (Å²) in [6.45, 7) is 2.18. The highest BCUT2D eigenvalue weighted by molar-refractivity contribution is 5.77. The van der Waals surface area contributed by atoms with E-state index in [4.69, 9.17) is 0 Å². The Hall–Kier alpha value is -0.570. The molecule has 2 atom stereocenters. The first-order chi connectivity index (χ1) is 5.24. The summed E-state index contributed by atoms with van der Waals surface area (Å²) in [5, 5.41) is 0. The lowest BCUT2D eigenvalue weighted by Crippen LogP contribution is -2.28. The van der Waals surface area contributed by atoms with Crippen LogP contribution in [0.5, 0.6) is 0 Å². The Labute approximate surface area is 67.1 Å². The third-order valence-corrected chi connectivity index (χ3v) is 2.27. The molecule has 3 nitrogen and oxygen atoms in total. The lowest BCUT2D eigenvalue weighted by atomic mass is 10.1. The Balaban J connectivity index is 2.31. The molecule has 1 N–H and O–H groups in total. The van der Waals surface area contributed by atoms with Crippen LogP contribution in [-0.4, -0.2) is 13.0 Å². The van der Waals surface area contributed by atoms with Gasteiger partial charge in [-0.15, -0.1) is 0 Å². The molecule has 11 heavy (non-hydrogen) atoms. The topological polar surface area (TPSA) is 38.3 Å². The first-order valence-corrected chi connectivity index (χ1v) is 4.07. The molecule has 3 heteroatoms. The Kier molecular flexibility index (Phi) is 2.88. The fourth-order valence-electron chi connectivity index (χ4n) is 1.63. The van der Waals surface area contributed by atoms with E-state index in [1.165, 1.54) is 13.5 Å². The standard InChI is InChI=1S/C8H15NO2/c1-6-3-4-7(5-6)8(10)9-11-2/h6-7H,3-5H2,1-2H3,(H,9,10). The Morgan fingerprint density at radius 1 is 1.55 bits per heavy atom.